The molecule has 29 heavy (non-hydrogen) atoms. The van der Waals surface area contributed by atoms with Crippen molar-refractivity contribution < 1.29 is 9.59 Å². The zero-order chi connectivity index (χ0) is 20.8. The minimum Gasteiger partial charge on any atom is -0.369 e. The Labute approximate surface area is 172 Å². The molecule has 2 aromatic rings. The first-order chi connectivity index (χ1) is 13.9. The molecule has 1 aliphatic rings. The van der Waals surface area contributed by atoms with Crippen LogP contribution in [0.2, 0.25) is 0 Å². The molecule has 2 N–H and O–H groups in total. The maximum absolute atomic E-state index is 12.6. The number of piperazine rings is 1. The smallest absolute Gasteiger partial charge is 0.269 e. The van der Waals surface area contributed by atoms with Gasteiger partial charge in [-0.1, -0.05) is 13.8 Å². The summed E-state index contributed by atoms with van der Waals surface area (Å²) < 4.78 is 0. The van der Waals surface area contributed by atoms with E-state index < -0.39 is 0 Å². The summed E-state index contributed by atoms with van der Waals surface area (Å²) in [4.78, 5) is 33.5. The molecule has 154 valence electrons. The first-order valence-corrected chi connectivity index (χ1v) is 10.0. The molecule has 2 heterocycles. The second-order valence-electron chi connectivity index (χ2n) is 7.82. The van der Waals surface area contributed by atoms with E-state index in [1.807, 2.05) is 38.1 Å². The molecular formula is C22H29N5O2. The number of anilines is 2. The third-order valence-corrected chi connectivity index (χ3v) is 4.92. The molecule has 1 aromatic carbocycles. The van der Waals surface area contributed by atoms with Gasteiger partial charge < -0.3 is 20.4 Å². The Hall–Kier alpha value is -2.93. The molecule has 0 radical (unpaired) electrons. The fourth-order valence-corrected chi connectivity index (χ4v) is 3.11. The Morgan fingerprint density at radius 1 is 1.03 bits per heavy atom. The lowest BCUT2D eigenvalue weighted by Crippen LogP contribution is -2.44. The number of likely N-dealkylation sites (N-methyl/N-ethyl adjacent to an activating group) is 1. The number of benzene rings is 1. The van der Waals surface area contributed by atoms with Gasteiger partial charge in [-0.15, -0.1) is 0 Å². The van der Waals surface area contributed by atoms with Gasteiger partial charge in [0.2, 0.25) is 0 Å². The van der Waals surface area contributed by atoms with Crippen LogP contribution in [0.1, 0.15) is 34.7 Å². The molecule has 0 spiro atoms. The summed E-state index contributed by atoms with van der Waals surface area (Å²) in [5, 5.41) is 5.70. The van der Waals surface area contributed by atoms with Gasteiger partial charge in [-0.25, -0.2) is 0 Å². The number of nitrogens with zero attached hydrogens (tertiary/aromatic N) is 3. The van der Waals surface area contributed by atoms with Gasteiger partial charge in [0.1, 0.15) is 5.69 Å². The highest BCUT2D eigenvalue weighted by Crippen LogP contribution is 2.20. The monoisotopic (exact) mass is 395 g/mol. The summed E-state index contributed by atoms with van der Waals surface area (Å²) in [5.41, 5.74) is 2.51. The fraction of sp³-hybridized carbons (Fsp3) is 0.409. The number of amides is 2. The number of carbonyl (C=O) groups excluding carboxylic acids is 2. The quantitative estimate of drug-likeness (QED) is 0.786. The largest absolute Gasteiger partial charge is 0.369 e. The van der Waals surface area contributed by atoms with Gasteiger partial charge in [-0.05, 0) is 49.4 Å². The highest BCUT2D eigenvalue weighted by molar-refractivity contribution is 6.05. The van der Waals surface area contributed by atoms with Crippen molar-refractivity contribution in [2.24, 2.45) is 5.92 Å². The zero-order valence-corrected chi connectivity index (χ0v) is 17.3. The second kappa shape index (κ2) is 9.52. The highest BCUT2D eigenvalue weighted by Gasteiger charge is 2.15. The SMILES string of the molecule is CC(C)CNC(=O)c1cc(C(=O)Nc2ccc(N3CCN(C)CC3)cc2)ccn1. The number of hydrogen-bond donors (Lipinski definition) is 2. The molecule has 0 bridgehead atoms. The van der Waals surface area contributed by atoms with E-state index in [1.165, 1.54) is 12.3 Å². The molecule has 3 rings (SSSR count). The molecule has 0 atom stereocenters. The lowest BCUT2D eigenvalue weighted by atomic mass is 10.2. The number of carbonyl (C=O) groups is 2. The van der Waals surface area contributed by atoms with Crippen LogP contribution >= 0.6 is 0 Å². The lowest BCUT2D eigenvalue weighted by Gasteiger charge is -2.34. The van der Waals surface area contributed by atoms with Crippen LogP contribution in [0.3, 0.4) is 0 Å². The Bertz CT molecular complexity index is 843. The number of rotatable bonds is 6. The van der Waals surface area contributed by atoms with Gasteiger partial charge in [0.25, 0.3) is 11.8 Å². The number of aromatic nitrogens is 1. The van der Waals surface area contributed by atoms with Gasteiger partial charge in [0.15, 0.2) is 0 Å². The number of hydrogen-bond acceptors (Lipinski definition) is 5. The van der Waals surface area contributed by atoms with E-state index in [-0.39, 0.29) is 17.5 Å². The van der Waals surface area contributed by atoms with Crippen LogP contribution in [0, 0.1) is 5.92 Å². The molecule has 1 fully saturated rings. The Morgan fingerprint density at radius 2 is 1.72 bits per heavy atom. The normalized spacial score (nSPS) is 14.7. The van der Waals surface area contributed by atoms with E-state index in [2.05, 4.69) is 32.5 Å². The predicted octanol–water partition coefficient (Wildman–Crippen LogP) is 2.47. The summed E-state index contributed by atoms with van der Waals surface area (Å²) in [6.45, 7) is 8.71. The van der Waals surface area contributed by atoms with Crippen molar-refractivity contribution in [3.63, 3.8) is 0 Å². The molecule has 0 aliphatic carbocycles. The van der Waals surface area contributed by atoms with E-state index in [0.717, 1.165) is 37.6 Å². The van der Waals surface area contributed by atoms with Gasteiger partial charge in [-0.3, -0.25) is 14.6 Å². The minimum atomic E-state index is -0.273. The summed E-state index contributed by atoms with van der Waals surface area (Å²) >= 11 is 0. The molecule has 0 unspecified atom stereocenters. The van der Waals surface area contributed by atoms with E-state index in [0.29, 0.717) is 18.0 Å². The number of nitrogens with one attached hydrogen (secondary N) is 2. The van der Waals surface area contributed by atoms with Crippen molar-refractivity contribution in [3.8, 4) is 0 Å². The predicted molar refractivity (Wildman–Crippen MR) is 116 cm³/mol. The molecular weight excluding hydrogens is 366 g/mol. The topological polar surface area (TPSA) is 77.6 Å². The maximum atomic E-state index is 12.6. The molecule has 1 aliphatic heterocycles. The van der Waals surface area contributed by atoms with E-state index in [4.69, 9.17) is 0 Å². The average molecular weight is 396 g/mol. The van der Waals surface area contributed by atoms with Gasteiger partial charge in [-0.2, -0.15) is 0 Å². The van der Waals surface area contributed by atoms with Crippen molar-refractivity contribution in [1.82, 2.24) is 15.2 Å². The minimum absolute atomic E-state index is 0.240. The third-order valence-electron chi connectivity index (χ3n) is 4.92. The average Bonchev–Trinajstić information content (AvgIpc) is 2.73. The fourth-order valence-electron chi connectivity index (χ4n) is 3.11. The highest BCUT2D eigenvalue weighted by atomic mass is 16.2. The number of pyridine rings is 1. The van der Waals surface area contributed by atoms with Gasteiger partial charge in [0.05, 0.1) is 0 Å². The molecule has 1 aromatic heterocycles. The van der Waals surface area contributed by atoms with Crippen molar-refractivity contribution in [3.05, 3.63) is 53.9 Å². The van der Waals surface area contributed by atoms with E-state index >= 15 is 0 Å². The molecule has 7 heteroatoms. The lowest BCUT2D eigenvalue weighted by molar-refractivity contribution is 0.0944. The third kappa shape index (κ3) is 5.77. The van der Waals surface area contributed by atoms with Crippen molar-refractivity contribution in [2.75, 3.05) is 50.0 Å². The molecule has 0 saturated carbocycles. The first-order valence-electron chi connectivity index (χ1n) is 10.0. The molecule has 2 amide bonds. The van der Waals surface area contributed by atoms with Crippen LogP contribution in [-0.2, 0) is 0 Å². The maximum Gasteiger partial charge on any atom is 0.269 e. The van der Waals surface area contributed by atoms with Crippen LogP contribution in [0.5, 0.6) is 0 Å². The molecule has 7 nitrogen and oxygen atoms in total. The van der Waals surface area contributed by atoms with Gasteiger partial charge in [0, 0.05) is 55.9 Å². The van der Waals surface area contributed by atoms with Crippen molar-refractivity contribution in [2.45, 2.75) is 13.8 Å². The summed E-state index contributed by atoms with van der Waals surface area (Å²) in [5.74, 6) is -0.193. The Balaban J connectivity index is 1.61. The van der Waals surface area contributed by atoms with E-state index in [9.17, 15) is 9.59 Å². The summed E-state index contributed by atoms with van der Waals surface area (Å²) in [7, 11) is 2.13. The van der Waals surface area contributed by atoms with Crippen molar-refractivity contribution >= 4 is 23.2 Å². The Kier molecular flexibility index (Phi) is 6.82. The van der Waals surface area contributed by atoms with Crippen LogP contribution in [0.25, 0.3) is 0 Å². The summed E-state index contributed by atoms with van der Waals surface area (Å²) in [6, 6.07) is 11.0. The van der Waals surface area contributed by atoms with Crippen LogP contribution in [0.4, 0.5) is 11.4 Å². The van der Waals surface area contributed by atoms with Gasteiger partial charge >= 0.3 is 0 Å². The molecule has 1 saturated heterocycles. The van der Waals surface area contributed by atoms with Crippen molar-refractivity contribution in [1.29, 1.82) is 0 Å². The van der Waals surface area contributed by atoms with Crippen LogP contribution < -0.4 is 15.5 Å². The standard InChI is InChI=1S/C22H29N5O2/c1-16(2)15-24-22(29)20-14-17(8-9-23-20)21(28)25-18-4-6-19(7-5-18)27-12-10-26(3)11-13-27/h4-9,14,16H,10-13,15H2,1-3H3,(H,24,29)(H,25,28). The zero-order valence-electron chi connectivity index (χ0n) is 17.3. The summed E-state index contributed by atoms with van der Waals surface area (Å²) in [6.07, 6.45) is 1.48. The van der Waals surface area contributed by atoms with Crippen LogP contribution in [-0.4, -0.2) is 61.5 Å². The van der Waals surface area contributed by atoms with Crippen LogP contribution in [0.15, 0.2) is 42.6 Å². The van der Waals surface area contributed by atoms with E-state index in [1.54, 1.807) is 6.07 Å². The Morgan fingerprint density at radius 3 is 2.38 bits per heavy atom. The first kappa shape index (κ1) is 20.8. The second-order valence-corrected chi connectivity index (χ2v) is 7.82.